The zero-order valence-corrected chi connectivity index (χ0v) is 10.5. The fourth-order valence-corrected chi connectivity index (χ4v) is 3.10. The number of carbonyl (C=O) groups is 1. The van der Waals surface area contributed by atoms with Crippen molar-refractivity contribution < 1.29 is 4.79 Å². The number of nitrogens with one attached hydrogen (secondary N) is 1. The van der Waals surface area contributed by atoms with Gasteiger partial charge in [-0.25, -0.2) is 0 Å². The first-order valence-electron chi connectivity index (χ1n) is 6.49. The van der Waals surface area contributed by atoms with Crippen molar-refractivity contribution in [2.75, 3.05) is 13.1 Å². The van der Waals surface area contributed by atoms with Gasteiger partial charge in [-0.2, -0.15) is 0 Å². The molecular formula is C13H24N2O. The van der Waals surface area contributed by atoms with Crippen molar-refractivity contribution in [2.45, 2.75) is 39.5 Å². The Morgan fingerprint density at radius 2 is 2.12 bits per heavy atom. The fourth-order valence-electron chi connectivity index (χ4n) is 3.10. The molecule has 0 spiro atoms. The number of hydrogen-bond acceptors (Lipinski definition) is 2. The van der Waals surface area contributed by atoms with Crippen LogP contribution in [0.1, 0.15) is 39.5 Å². The summed E-state index contributed by atoms with van der Waals surface area (Å²) in [6.45, 7) is 5.50. The average molecular weight is 224 g/mol. The van der Waals surface area contributed by atoms with Crippen LogP contribution in [0.15, 0.2) is 0 Å². The molecule has 16 heavy (non-hydrogen) atoms. The maximum Gasteiger partial charge on any atom is 0.223 e. The van der Waals surface area contributed by atoms with Crippen molar-refractivity contribution in [3.8, 4) is 0 Å². The van der Waals surface area contributed by atoms with Crippen LogP contribution in [-0.4, -0.2) is 19.0 Å². The summed E-state index contributed by atoms with van der Waals surface area (Å²) >= 11 is 0. The Bertz CT molecular complexity index is 275. The first-order chi connectivity index (χ1) is 7.52. The van der Waals surface area contributed by atoms with Crippen molar-refractivity contribution in [1.29, 1.82) is 0 Å². The third-order valence-electron chi connectivity index (χ3n) is 4.37. The second kappa shape index (κ2) is 4.36. The third-order valence-corrected chi connectivity index (χ3v) is 4.37. The molecule has 0 aromatic rings. The number of amides is 1. The number of hydrogen-bond donors (Lipinski definition) is 2. The molecule has 3 N–H and O–H groups in total. The number of nitrogens with two attached hydrogens (primary N) is 1. The van der Waals surface area contributed by atoms with E-state index in [1.807, 2.05) is 0 Å². The summed E-state index contributed by atoms with van der Waals surface area (Å²) in [5, 5.41) is 3.08. The molecule has 3 unspecified atom stereocenters. The second-order valence-electron chi connectivity index (χ2n) is 6.37. The Morgan fingerprint density at radius 3 is 2.62 bits per heavy atom. The highest BCUT2D eigenvalue weighted by molar-refractivity contribution is 5.79. The molecule has 2 aliphatic rings. The van der Waals surface area contributed by atoms with E-state index in [1.54, 1.807) is 0 Å². The fraction of sp³-hybridized carbons (Fsp3) is 0.923. The highest BCUT2D eigenvalue weighted by atomic mass is 16.1. The van der Waals surface area contributed by atoms with Gasteiger partial charge >= 0.3 is 0 Å². The molecule has 2 rings (SSSR count). The maximum atomic E-state index is 12.0. The molecule has 3 nitrogen and oxygen atoms in total. The van der Waals surface area contributed by atoms with Gasteiger partial charge in [-0.3, -0.25) is 4.79 Å². The van der Waals surface area contributed by atoms with E-state index >= 15 is 0 Å². The van der Waals surface area contributed by atoms with Crippen LogP contribution >= 0.6 is 0 Å². The molecule has 2 fully saturated rings. The smallest absolute Gasteiger partial charge is 0.223 e. The highest BCUT2D eigenvalue weighted by Gasteiger charge is 2.43. The lowest BCUT2D eigenvalue weighted by atomic mass is 9.87. The molecule has 0 heterocycles. The molecule has 2 saturated carbocycles. The lowest BCUT2D eigenvalue weighted by Crippen LogP contribution is -2.42. The minimum Gasteiger partial charge on any atom is -0.355 e. The normalized spacial score (nSPS) is 33.1. The number of carbonyl (C=O) groups excluding carboxylic acids is 1. The van der Waals surface area contributed by atoms with Gasteiger partial charge in [0.15, 0.2) is 0 Å². The molecular weight excluding hydrogens is 200 g/mol. The molecule has 1 amide bonds. The molecule has 2 bridgehead atoms. The number of rotatable bonds is 4. The molecule has 0 aliphatic heterocycles. The lowest BCUT2D eigenvalue weighted by molar-refractivity contribution is -0.126. The summed E-state index contributed by atoms with van der Waals surface area (Å²) in [4.78, 5) is 12.0. The Morgan fingerprint density at radius 1 is 1.38 bits per heavy atom. The number of fused-ring (bicyclic) bond motifs is 2. The van der Waals surface area contributed by atoms with Gasteiger partial charge in [-0.15, -0.1) is 0 Å². The van der Waals surface area contributed by atoms with E-state index in [1.165, 1.54) is 19.3 Å². The van der Waals surface area contributed by atoms with Crippen LogP contribution in [0, 0.1) is 23.2 Å². The van der Waals surface area contributed by atoms with Gasteiger partial charge in [-0.1, -0.05) is 20.3 Å². The van der Waals surface area contributed by atoms with Crippen LogP contribution in [0.25, 0.3) is 0 Å². The van der Waals surface area contributed by atoms with E-state index in [4.69, 9.17) is 5.73 Å². The van der Waals surface area contributed by atoms with E-state index in [0.29, 0.717) is 24.9 Å². The van der Waals surface area contributed by atoms with Gasteiger partial charge < -0.3 is 11.1 Å². The van der Waals surface area contributed by atoms with Crippen LogP contribution in [-0.2, 0) is 4.79 Å². The minimum absolute atomic E-state index is 0.0211. The van der Waals surface area contributed by atoms with Crippen LogP contribution < -0.4 is 11.1 Å². The summed E-state index contributed by atoms with van der Waals surface area (Å²) < 4.78 is 0. The summed E-state index contributed by atoms with van der Waals surface area (Å²) in [6, 6.07) is 0. The van der Waals surface area contributed by atoms with Gasteiger partial charge in [0.05, 0.1) is 0 Å². The summed E-state index contributed by atoms with van der Waals surface area (Å²) in [6.07, 6.45) is 5.03. The van der Waals surface area contributed by atoms with Gasteiger partial charge in [-0.05, 0) is 43.1 Å². The van der Waals surface area contributed by atoms with Gasteiger partial charge in [0.25, 0.3) is 0 Å². The van der Waals surface area contributed by atoms with Gasteiger partial charge in [0, 0.05) is 12.5 Å². The van der Waals surface area contributed by atoms with Crippen LogP contribution in [0.4, 0.5) is 0 Å². The lowest BCUT2D eigenvalue weighted by Gasteiger charge is -2.26. The monoisotopic (exact) mass is 224 g/mol. The molecule has 0 radical (unpaired) electrons. The van der Waals surface area contributed by atoms with E-state index in [2.05, 4.69) is 19.2 Å². The van der Waals surface area contributed by atoms with Crippen molar-refractivity contribution >= 4 is 5.91 Å². The van der Waals surface area contributed by atoms with E-state index in [0.717, 1.165) is 12.3 Å². The van der Waals surface area contributed by atoms with Crippen molar-refractivity contribution in [1.82, 2.24) is 5.32 Å². The van der Waals surface area contributed by atoms with E-state index < -0.39 is 0 Å². The summed E-state index contributed by atoms with van der Waals surface area (Å²) in [5.74, 6) is 2.08. The zero-order chi connectivity index (χ0) is 11.8. The Balaban J connectivity index is 1.81. The molecule has 0 aromatic carbocycles. The SMILES string of the molecule is CC(C)(CN)CNC(=O)C1CC2CCC1C2. The van der Waals surface area contributed by atoms with E-state index in [9.17, 15) is 4.79 Å². The second-order valence-corrected chi connectivity index (χ2v) is 6.37. The van der Waals surface area contributed by atoms with Crippen molar-refractivity contribution in [2.24, 2.45) is 28.9 Å². The predicted molar refractivity (Wildman–Crippen MR) is 64.8 cm³/mol. The highest BCUT2D eigenvalue weighted by Crippen LogP contribution is 2.48. The molecule has 2 aliphatic carbocycles. The largest absolute Gasteiger partial charge is 0.355 e. The van der Waals surface area contributed by atoms with E-state index in [-0.39, 0.29) is 11.3 Å². The standard InChI is InChI=1S/C13H24N2O/c1-13(2,7-14)8-15-12(16)11-6-9-3-4-10(11)5-9/h9-11H,3-8,14H2,1-2H3,(H,15,16). The van der Waals surface area contributed by atoms with Crippen molar-refractivity contribution in [3.05, 3.63) is 0 Å². The molecule has 3 atom stereocenters. The first kappa shape index (κ1) is 11.9. The zero-order valence-electron chi connectivity index (χ0n) is 10.5. The maximum absolute atomic E-state index is 12.0. The predicted octanol–water partition coefficient (Wildman–Crippen LogP) is 1.52. The Kier molecular flexibility index (Phi) is 3.24. The van der Waals surface area contributed by atoms with Gasteiger partial charge in [0.2, 0.25) is 5.91 Å². The summed E-state index contributed by atoms with van der Waals surface area (Å²) in [7, 11) is 0. The Hall–Kier alpha value is -0.570. The average Bonchev–Trinajstić information content (AvgIpc) is 2.87. The van der Waals surface area contributed by atoms with Crippen molar-refractivity contribution in [3.63, 3.8) is 0 Å². The summed E-state index contributed by atoms with van der Waals surface area (Å²) in [5.41, 5.74) is 5.68. The molecule has 92 valence electrons. The topological polar surface area (TPSA) is 55.1 Å². The van der Waals surface area contributed by atoms with Gasteiger partial charge in [0.1, 0.15) is 0 Å². The third kappa shape index (κ3) is 2.40. The molecule has 0 saturated heterocycles. The van der Waals surface area contributed by atoms with Crippen LogP contribution in [0.5, 0.6) is 0 Å². The Labute approximate surface area is 98.2 Å². The molecule has 0 aromatic heterocycles. The van der Waals surface area contributed by atoms with Crippen LogP contribution in [0.2, 0.25) is 0 Å². The van der Waals surface area contributed by atoms with Crippen LogP contribution in [0.3, 0.4) is 0 Å². The minimum atomic E-state index is 0.0211. The first-order valence-corrected chi connectivity index (χ1v) is 6.49. The quantitative estimate of drug-likeness (QED) is 0.761. The molecule has 3 heteroatoms.